The van der Waals surface area contributed by atoms with Crippen LogP contribution in [0.5, 0.6) is 0 Å². The zero-order chi connectivity index (χ0) is 10.2. The minimum absolute atomic E-state index is 0.227. The topological polar surface area (TPSA) is 34.9 Å². The lowest BCUT2D eigenvalue weighted by Gasteiger charge is -2.00. The Hall–Kier alpha value is -1.04. The van der Waals surface area contributed by atoms with Crippen molar-refractivity contribution in [2.24, 2.45) is 7.05 Å². The highest BCUT2D eigenvalue weighted by Gasteiger charge is 2.38. The predicted octanol–water partition coefficient (Wildman–Crippen LogP) is 1.90. The highest BCUT2D eigenvalue weighted by atomic mass is 35.5. The van der Waals surface area contributed by atoms with Gasteiger partial charge < -0.3 is 0 Å². The molecule has 0 aliphatic carbocycles. The number of alkyl halides is 3. The Morgan fingerprint density at radius 2 is 2.08 bits per heavy atom. The average Bonchev–Trinajstić information content (AvgIpc) is 2.25. The summed E-state index contributed by atoms with van der Waals surface area (Å²) in [5, 5.41) is 2.42. The summed E-state index contributed by atoms with van der Waals surface area (Å²) in [7, 11) is 1.21. The summed E-state index contributed by atoms with van der Waals surface area (Å²) < 4.78 is 37.1. The molecule has 1 aromatic heterocycles. The van der Waals surface area contributed by atoms with Crippen LogP contribution in [0.4, 0.5) is 13.2 Å². The van der Waals surface area contributed by atoms with Crippen LogP contribution in [0, 0.1) is 0 Å². The van der Waals surface area contributed by atoms with Crippen molar-refractivity contribution in [1.82, 2.24) is 9.78 Å². The number of nitrogens with zero attached hydrogens (tertiary/aromatic N) is 2. The smallest absolute Gasteiger partial charge is 0.296 e. The standard InChI is InChI=1S/C6H4ClF3N2O/c1-12-3(2-13)4(7)5(11-12)6(8,9)10/h2H,1H3. The molecule has 72 valence electrons. The van der Waals surface area contributed by atoms with E-state index >= 15 is 0 Å². The van der Waals surface area contributed by atoms with Crippen molar-refractivity contribution < 1.29 is 18.0 Å². The molecule has 0 aliphatic heterocycles. The van der Waals surface area contributed by atoms with Crippen molar-refractivity contribution in [1.29, 1.82) is 0 Å². The third-order valence-corrected chi connectivity index (χ3v) is 1.78. The number of carbonyl (C=O) groups excluding carboxylic acids is 1. The molecule has 1 heterocycles. The van der Waals surface area contributed by atoms with Gasteiger partial charge in [-0.3, -0.25) is 9.48 Å². The van der Waals surface area contributed by atoms with E-state index in [0.717, 1.165) is 4.68 Å². The molecule has 0 radical (unpaired) electrons. The molecular formula is C6H4ClF3N2O. The van der Waals surface area contributed by atoms with Crippen LogP contribution in [-0.4, -0.2) is 16.1 Å². The van der Waals surface area contributed by atoms with E-state index in [9.17, 15) is 18.0 Å². The summed E-state index contributed by atoms with van der Waals surface area (Å²) in [6, 6.07) is 0. The highest BCUT2D eigenvalue weighted by molar-refractivity contribution is 6.33. The van der Waals surface area contributed by atoms with Crippen LogP contribution in [0.3, 0.4) is 0 Å². The molecule has 0 unspecified atom stereocenters. The summed E-state index contributed by atoms with van der Waals surface area (Å²) in [4.78, 5) is 10.3. The van der Waals surface area contributed by atoms with Gasteiger partial charge in [-0.25, -0.2) is 0 Å². The first-order valence-corrected chi connectivity index (χ1v) is 3.50. The monoisotopic (exact) mass is 212 g/mol. The van der Waals surface area contributed by atoms with Crippen molar-refractivity contribution >= 4 is 17.9 Å². The zero-order valence-electron chi connectivity index (χ0n) is 6.39. The molecular weight excluding hydrogens is 209 g/mol. The average molecular weight is 213 g/mol. The highest BCUT2D eigenvalue weighted by Crippen LogP contribution is 2.34. The first-order chi connectivity index (χ1) is 5.88. The van der Waals surface area contributed by atoms with E-state index in [4.69, 9.17) is 11.6 Å². The second-order valence-corrected chi connectivity index (χ2v) is 2.67. The van der Waals surface area contributed by atoms with Crippen molar-refractivity contribution in [3.05, 3.63) is 16.4 Å². The minimum atomic E-state index is -4.63. The van der Waals surface area contributed by atoms with Crippen LogP contribution in [0.15, 0.2) is 0 Å². The van der Waals surface area contributed by atoms with Gasteiger partial charge in [0.1, 0.15) is 10.7 Å². The van der Waals surface area contributed by atoms with Gasteiger partial charge >= 0.3 is 6.18 Å². The number of aldehydes is 1. The van der Waals surface area contributed by atoms with E-state index in [1.807, 2.05) is 0 Å². The summed E-state index contributed by atoms with van der Waals surface area (Å²) in [6.45, 7) is 0. The van der Waals surface area contributed by atoms with Crippen molar-refractivity contribution in [3.63, 3.8) is 0 Å². The van der Waals surface area contributed by atoms with E-state index < -0.39 is 16.9 Å². The Labute approximate surface area is 76.1 Å². The molecule has 0 aromatic carbocycles. The summed E-state index contributed by atoms with van der Waals surface area (Å²) in [6.07, 6.45) is -4.40. The Bertz CT molecular complexity index is 344. The minimum Gasteiger partial charge on any atom is -0.296 e. The Balaban J connectivity index is 3.34. The first-order valence-electron chi connectivity index (χ1n) is 3.12. The van der Waals surface area contributed by atoms with Crippen LogP contribution in [-0.2, 0) is 13.2 Å². The molecule has 0 fully saturated rings. The summed E-state index contributed by atoms with van der Waals surface area (Å²) in [5.74, 6) is 0. The van der Waals surface area contributed by atoms with E-state index in [0.29, 0.717) is 0 Å². The van der Waals surface area contributed by atoms with Gasteiger partial charge in [0, 0.05) is 7.05 Å². The molecule has 0 saturated heterocycles. The van der Waals surface area contributed by atoms with Gasteiger partial charge in [-0.05, 0) is 0 Å². The molecule has 7 heteroatoms. The molecule has 0 aliphatic rings. The zero-order valence-corrected chi connectivity index (χ0v) is 7.15. The Morgan fingerprint density at radius 1 is 1.54 bits per heavy atom. The summed E-state index contributed by atoms with van der Waals surface area (Å²) >= 11 is 5.28. The second-order valence-electron chi connectivity index (χ2n) is 2.29. The van der Waals surface area contributed by atoms with Gasteiger partial charge in [0.15, 0.2) is 12.0 Å². The second kappa shape index (κ2) is 3.02. The Morgan fingerprint density at radius 3 is 2.31 bits per heavy atom. The molecule has 1 aromatic rings. The summed E-state index contributed by atoms with van der Waals surface area (Å²) in [5.41, 5.74) is -1.52. The van der Waals surface area contributed by atoms with Gasteiger partial charge in [0.25, 0.3) is 0 Å². The fraction of sp³-hybridized carbons (Fsp3) is 0.333. The molecule has 0 atom stereocenters. The van der Waals surface area contributed by atoms with Crippen molar-refractivity contribution in [2.45, 2.75) is 6.18 Å². The number of aryl methyl sites for hydroxylation is 1. The van der Waals surface area contributed by atoms with Crippen LogP contribution in [0.25, 0.3) is 0 Å². The fourth-order valence-corrected chi connectivity index (χ4v) is 1.13. The van der Waals surface area contributed by atoms with Crippen molar-refractivity contribution in [2.75, 3.05) is 0 Å². The van der Waals surface area contributed by atoms with Crippen LogP contribution in [0.1, 0.15) is 16.2 Å². The van der Waals surface area contributed by atoms with E-state index in [1.165, 1.54) is 7.05 Å². The van der Waals surface area contributed by atoms with Crippen LogP contribution in [0.2, 0.25) is 5.02 Å². The molecule has 0 amide bonds. The van der Waals surface area contributed by atoms with Gasteiger partial charge in [0.05, 0.1) is 0 Å². The normalized spacial score (nSPS) is 11.8. The maximum atomic E-state index is 12.1. The van der Waals surface area contributed by atoms with Gasteiger partial charge in [-0.2, -0.15) is 18.3 Å². The quantitative estimate of drug-likeness (QED) is 0.667. The molecule has 0 bridgehead atoms. The van der Waals surface area contributed by atoms with Crippen LogP contribution < -0.4 is 0 Å². The molecule has 0 saturated carbocycles. The lowest BCUT2D eigenvalue weighted by molar-refractivity contribution is -0.141. The molecule has 0 spiro atoms. The predicted molar refractivity (Wildman–Crippen MR) is 38.6 cm³/mol. The van der Waals surface area contributed by atoms with Gasteiger partial charge in [0.2, 0.25) is 0 Å². The molecule has 13 heavy (non-hydrogen) atoms. The number of halogens is 4. The number of aromatic nitrogens is 2. The maximum absolute atomic E-state index is 12.1. The lowest BCUT2D eigenvalue weighted by Crippen LogP contribution is -2.07. The number of hydrogen-bond acceptors (Lipinski definition) is 2. The number of rotatable bonds is 1. The van der Waals surface area contributed by atoms with Crippen molar-refractivity contribution in [3.8, 4) is 0 Å². The third kappa shape index (κ3) is 1.67. The van der Waals surface area contributed by atoms with Crippen LogP contribution >= 0.6 is 11.6 Å². The molecule has 1 rings (SSSR count). The number of carbonyl (C=O) groups is 1. The largest absolute Gasteiger partial charge is 0.436 e. The van der Waals surface area contributed by atoms with E-state index in [2.05, 4.69) is 5.10 Å². The molecule has 3 nitrogen and oxygen atoms in total. The van der Waals surface area contributed by atoms with E-state index in [1.54, 1.807) is 0 Å². The van der Waals surface area contributed by atoms with Gasteiger partial charge in [-0.15, -0.1) is 0 Å². The molecule has 0 N–H and O–H groups in total. The van der Waals surface area contributed by atoms with Gasteiger partial charge in [-0.1, -0.05) is 11.6 Å². The third-order valence-electron chi connectivity index (χ3n) is 1.41. The SMILES string of the molecule is Cn1nc(C(F)(F)F)c(Cl)c1C=O. The number of hydrogen-bond donors (Lipinski definition) is 0. The lowest BCUT2D eigenvalue weighted by atomic mass is 10.3. The Kier molecular flexibility index (Phi) is 2.34. The fourth-order valence-electron chi connectivity index (χ4n) is 0.820. The van der Waals surface area contributed by atoms with E-state index in [-0.39, 0.29) is 12.0 Å². The maximum Gasteiger partial charge on any atom is 0.436 e. The first kappa shape index (κ1) is 10.0.